The lowest BCUT2D eigenvalue weighted by molar-refractivity contribution is -0.384. The Morgan fingerprint density at radius 3 is 2.70 bits per heavy atom. The summed E-state index contributed by atoms with van der Waals surface area (Å²) in [6.45, 7) is 2.37. The lowest BCUT2D eigenvalue weighted by Gasteiger charge is -2.09. The molecule has 0 unspecified atom stereocenters. The summed E-state index contributed by atoms with van der Waals surface area (Å²) in [7, 11) is 0. The van der Waals surface area contributed by atoms with Gasteiger partial charge >= 0.3 is 0 Å². The average Bonchev–Trinajstić information content (AvgIpc) is 2.37. The molecule has 0 aliphatic carbocycles. The predicted octanol–water partition coefficient (Wildman–Crippen LogP) is 4.93. The molecule has 2 rings (SSSR count). The summed E-state index contributed by atoms with van der Waals surface area (Å²) < 4.78 is 0.868. The van der Waals surface area contributed by atoms with E-state index in [9.17, 15) is 10.1 Å². The van der Waals surface area contributed by atoms with Crippen molar-refractivity contribution in [2.45, 2.75) is 13.5 Å². The Balaban J connectivity index is 2.22. The molecule has 0 atom stereocenters. The molecule has 0 bridgehead atoms. The van der Waals surface area contributed by atoms with Gasteiger partial charge in [-0.05, 0) is 36.2 Å². The molecule has 0 heterocycles. The lowest BCUT2D eigenvalue weighted by atomic mass is 10.1. The molecular weight excluding hydrogens is 344 g/mol. The molecule has 1 N–H and O–H groups in total. The van der Waals surface area contributed by atoms with Crippen molar-refractivity contribution in [1.82, 2.24) is 0 Å². The van der Waals surface area contributed by atoms with Crippen molar-refractivity contribution in [3.8, 4) is 0 Å². The van der Waals surface area contributed by atoms with Gasteiger partial charge in [0, 0.05) is 22.1 Å². The Kier molecular flexibility index (Phi) is 4.62. The lowest BCUT2D eigenvalue weighted by Crippen LogP contribution is -2.03. The molecule has 0 fully saturated rings. The fraction of sp³-hybridized carbons (Fsp3) is 0.143. The van der Waals surface area contributed by atoms with Crippen LogP contribution < -0.4 is 5.32 Å². The van der Waals surface area contributed by atoms with Gasteiger partial charge in [0.25, 0.3) is 5.69 Å². The van der Waals surface area contributed by atoms with E-state index >= 15 is 0 Å². The molecule has 0 aromatic heterocycles. The van der Waals surface area contributed by atoms with Gasteiger partial charge in [-0.3, -0.25) is 10.1 Å². The van der Waals surface area contributed by atoms with Crippen molar-refractivity contribution in [1.29, 1.82) is 0 Å². The largest absolute Gasteiger partial charge is 0.375 e. The van der Waals surface area contributed by atoms with E-state index in [1.807, 2.05) is 13.0 Å². The number of hydrogen-bond acceptors (Lipinski definition) is 3. The molecule has 0 radical (unpaired) electrons. The first-order chi connectivity index (χ1) is 9.47. The Labute approximate surface area is 130 Å². The summed E-state index contributed by atoms with van der Waals surface area (Å²) >= 11 is 9.31. The smallest absolute Gasteiger partial charge is 0.292 e. The third kappa shape index (κ3) is 3.49. The second kappa shape index (κ2) is 6.24. The Morgan fingerprint density at radius 2 is 2.05 bits per heavy atom. The molecule has 4 nitrogen and oxygen atoms in total. The van der Waals surface area contributed by atoms with E-state index in [4.69, 9.17) is 11.6 Å². The Morgan fingerprint density at radius 1 is 1.30 bits per heavy atom. The minimum atomic E-state index is -0.390. The number of benzene rings is 2. The van der Waals surface area contributed by atoms with Crippen molar-refractivity contribution in [3.63, 3.8) is 0 Å². The van der Waals surface area contributed by atoms with Crippen LogP contribution in [-0.2, 0) is 6.54 Å². The first kappa shape index (κ1) is 14.8. The van der Waals surface area contributed by atoms with Crippen LogP contribution in [0.4, 0.5) is 11.4 Å². The first-order valence-electron chi connectivity index (χ1n) is 5.90. The number of nitrogens with one attached hydrogen (secondary N) is 1. The number of hydrogen-bond donors (Lipinski definition) is 1. The Hall–Kier alpha value is -1.59. The van der Waals surface area contributed by atoms with Crippen molar-refractivity contribution < 1.29 is 4.92 Å². The zero-order chi connectivity index (χ0) is 14.7. The van der Waals surface area contributed by atoms with E-state index in [1.54, 1.807) is 24.3 Å². The van der Waals surface area contributed by atoms with Gasteiger partial charge in [0.1, 0.15) is 5.69 Å². The second-order valence-electron chi connectivity index (χ2n) is 4.37. The van der Waals surface area contributed by atoms with Crippen LogP contribution in [0.1, 0.15) is 11.1 Å². The standard InChI is InChI=1S/C14H12BrClN2O2/c1-9-2-5-14(18(19)20)13(6-9)17-8-10-3-4-11(16)7-12(10)15/h2-7,17H,8H2,1H3. The highest BCUT2D eigenvalue weighted by Gasteiger charge is 2.13. The van der Waals surface area contributed by atoms with Crippen LogP contribution in [0.2, 0.25) is 5.02 Å². The van der Waals surface area contributed by atoms with Crippen LogP contribution in [0.3, 0.4) is 0 Å². The van der Waals surface area contributed by atoms with Crippen LogP contribution >= 0.6 is 27.5 Å². The molecular formula is C14H12BrClN2O2. The normalized spacial score (nSPS) is 10.3. The fourth-order valence-corrected chi connectivity index (χ4v) is 2.63. The molecule has 0 aliphatic heterocycles. The topological polar surface area (TPSA) is 55.2 Å². The fourth-order valence-electron chi connectivity index (χ4n) is 1.81. The molecule has 0 spiro atoms. The van der Waals surface area contributed by atoms with Crippen molar-refractivity contribution in [3.05, 3.63) is 67.1 Å². The van der Waals surface area contributed by atoms with Crippen LogP contribution in [0.25, 0.3) is 0 Å². The highest BCUT2D eigenvalue weighted by atomic mass is 79.9. The molecule has 2 aromatic carbocycles. The summed E-state index contributed by atoms with van der Waals surface area (Å²) in [6.07, 6.45) is 0. The quantitative estimate of drug-likeness (QED) is 0.625. The van der Waals surface area contributed by atoms with Gasteiger partial charge in [0.2, 0.25) is 0 Å². The third-order valence-electron chi connectivity index (χ3n) is 2.83. The maximum Gasteiger partial charge on any atom is 0.292 e. The zero-order valence-corrected chi connectivity index (χ0v) is 13.0. The summed E-state index contributed by atoms with van der Waals surface area (Å²) in [4.78, 5) is 10.6. The van der Waals surface area contributed by atoms with Crippen molar-refractivity contribution in [2.24, 2.45) is 0 Å². The first-order valence-corrected chi connectivity index (χ1v) is 7.07. The maximum atomic E-state index is 11.0. The van der Waals surface area contributed by atoms with Crippen molar-refractivity contribution >= 4 is 38.9 Å². The molecule has 20 heavy (non-hydrogen) atoms. The van der Waals surface area contributed by atoms with E-state index in [0.717, 1.165) is 15.6 Å². The summed E-state index contributed by atoms with van der Waals surface area (Å²) in [5, 5.41) is 14.7. The molecule has 0 amide bonds. The average molecular weight is 356 g/mol. The van der Waals surface area contributed by atoms with Gasteiger partial charge in [0.05, 0.1) is 4.92 Å². The van der Waals surface area contributed by atoms with E-state index in [0.29, 0.717) is 17.3 Å². The second-order valence-corrected chi connectivity index (χ2v) is 5.66. The van der Waals surface area contributed by atoms with Gasteiger partial charge in [-0.1, -0.05) is 39.7 Å². The van der Waals surface area contributed by atoms with Gasteiger partial charge in [-0.2, -0.15) is 0 Å². The monoisotopic (exact) mass is 354 g/mol. The van der Waals surface area contributed by atoms with E-state index in [-0.39, 0.29) is 5.69 Å². The highest BCUT2D eigenvalue weighted by molar-refractivity contribution is 9.10. The third-order valence-corrected chi connectivity index (χ3v) is 3.81. The number of halogens is 2. The van der Waals surface area contributed by atoms with Crippen molar-refractivity contribution in [2.75, 3.05) is 5.32 Å². The van der Waals surface area contributed by atoms with E-state index < -0.39 is 4.92 Å². The summed E-state index contributed by atoms with van der Waals surface area (Å²) in [6, 6.07) is 10.5. The van der Waals surface area contributed by atoms with Gasteiger partial charge in [0.15, 0.2) is 0 Å². The van der Waals surface area contributed by atoms with Gasteiger partial charge in [-0.15, -0.1) is 0 Å². The molecule has 0 saturated heterocycles. The van der Waals surface area contributed by atoms with Crippen LogP contribution in [0.5, 0.6) is 0 Å². The molecule has 104 valence electrons. The number of rotatable bonds is 4. The van der Waals surface area contributed by atoms with E-state index in [2.05, 4.69) is 21.2 Å². The maximum absolute atomic E-state index is 11.0. The molecule has 0 saturated carbocycles. The zero-order valence-electron chi connectivity index (χ0n) is 10.7. The van der Waals surface area contributed by atoms with Crippen LogP contribution in [0, 0.1) is 17.0 Å². The summed E-state index contributed by atoms with van der Waals surface area (Å²) in [5.74, 6) is 0. The summed E-state index contributed by atoms with van der Waals surface area (Å²) in [5.41, 5.74) is 2.52. The van der Waals surface area contributed by atoms with Gasteiger partial charge < -0.3 is 5.32 Å². The SMILES string of the molecule is Cc1ccc([N+](=O)[O-])c(NCc2ccc(Cl)cc2Br)c1. The minimum Gasteiger partial charge on any atom is -0.375 e. The number of nitrogens with zero attached hydrogens (tertiary/aromatic N) is 1. The number of nitro benzene ring substituents is 1. The van der Waals surface area contributed by atoms with Crippen LogP contribution in [-0.4, -0.2) is 4.92 Å². The van der Waals surface area contributed by atoms with E-state index in [1.165, 1.54) is 6.07 Å². The number of anilines is 1. The minimum absolute atomic E-state index is 0.0701. The molecule has 2 aromatic rings. The molecule has 0 aliphatic rings. The molecule has 6 heteroatoms. The highest BCUT2D eigenvalue weighted by Crippen LogP contribution is 2.27. The van der Waals surface area contributed by atoms with Crippen LogP contribution in [0.15, 0.2) is 40.9 Å². The number of nitro groups is 1. The Bertz CT molecular complexity index is 662. The number of aryl methyl sites for hydroxylation is 1. The predicted molar refractivity (Wildman–Crippen MR) is 84.3 cm³/mol. The van der Waals surface area contributed by atoms with Gasteiger partial charge in [-0.25, -0.2) is 0 Å².